The summed E-state index contributed by atoms with van der Waals surface area (Å²) in [5, 5.41) is 2.76. The Bertz CT molecular complexity index is 338. The van der Waals surface area contributed by atoms with Gasteiger partial charge >= 0.3 is 5.97 Å². The number of hydrogen-bond donors (Lipinski definition) is 1. The van der Waals surface area contributed by atoms with Crippen molar-refractivity contribution < 1.29 is 14.3 Å². The molecule has 116 valence electrons. The van der Waals surface area contributed by atoms with Crippen LogP contribution in [-0.4, -0.2) is 25.5 Å². The molecule has 1 rings (SSSR count). The fraction of sp³-hybridized carbons (Fsp3) is 0.875. The minimum atomic E-state index is -0.204. The molecule has 1 amide bonds. The molecule has 0 spiro atoms. The van der Waals surface area contributed by atoms with E-state index in [1.54, 1.807) is 0 Å². The third-order valence-electron chi connectivity index (χ3n) is 4.64. The predicted octanol–water partition coefficient (Wildman–Crippen LogP) is 2.76. The van der Waals surface area contributed by atoms with Crippen LogP contribution in [0.4, 0.5) is 0 Å². The molecule has 1 saturated carbocycles. The van der Waals surface area contributed by atoms with E-state index < -0.39 is 0 Å². The fourth-order valence-electron chi connectivity index (χ4n) is 3.24. The van der Waals surface area contributed by atoms with Gasteiger partial charge in [-0.1, -0.05) is 20.8 Å². The number of ether oxygens (including phenoxy) is 1. The first-order valence-corrected chi connectivity index (χ1v) is 7.58. The first kappa shape index (κ1) is 17.0. The van der Waals surface area contributed by atoms with Crippen LogP contribution in [0.5, 0.6) is 0 Å². The quantitative estimate of drug-likeness (QED) is 0.807. The highest BCUT2D eigenvalue weighted by molar-refractivity contribution is 5.76. The van der Waals surface area contributed by atoms with E-state index in [9.17, 15) is 9.59 Å². The largest absolute Gasteiger partial charge is 0.469 e. The van der Waals surface area contributed by atoms with E-state index >= 15 is 0 Å². The van der Waals surface area contributed by atoms with E-state index in [0.717, 1.165) is 31.6 Å². The number of amides is 1. The van der Waals surface area contributed by atoms with Crippen molar-refractivity contribution in [3.05, 3.63) is 0 Å². The second-order valence-electron chi connectivity index (χ2n) is 7.04. The Morgan fingerprint density at radius 3 is 2.15 bits per heavy atom. The molecule has 0 aromatic carbocycles. The van der Waals surface area contributed by atoms with E-state index in [1.165, 1.54) is 14.0 Å². The van der Waals surface area contributed by atoms with E-state index in [1.807, 2.05) is 0 Å². The van der Waals surface area contributed by atoms with Crippen LogP contribution in [0.25, 0.3) is 0 Å². The summed E-state index contributed by atoms with van der Waals surface area (Å²) in [5.41, 5.74) is 0.337. The van der Waals surface area contributed by atoms with Gasteiger partial charge in [-0.3, -0.25) is 9.59 Å². The topological polar surface area (TPSA) is 55.4 Å². The zero-order valence-electron chi connectivity index (χ0n) is 13.5. The lowest BCUT2D eigenvalue weighted by Gasteiger charge is -2.38. The minimum Gasteiger partial charge on any atom is -0.469 e. The second kappa shape index (κ2) is 7.09. The van der Waals surface area contributed by atoms with Crippen LogP contribution in [0.3, 0.4) is 0 Å². The maximum absolute atomic E-state index is 11.9. The summed E-state index contributed by atoms with van der Waals surface area (Å²) in [6.45, 7) is 8.73. The zero-order chi connectivity index (χ0) is 15.3. The van der Waals surface area contributed by atoms with Crippen LogP contribution in [-0.2, 0) is 14.3 Å². The number of hydrogen-bond acceptors (Lipinski definition) is 3. The Kier molecular flexibility index (Phi) is 6.03. The Balaban J connectivity index is 2.61. The molecule has 0 aliphatic heterocycles. The number of esters is 1. The van der Waals surface area contributed by atoms with Crippen LogP contribution in [0.1, 0.15) is 53.4 Å². The van der Waals surface area contributed by atoms with Gasteiger partial charge < -0.3 is 10.1 Å². The van der Waals surface area contributed by atoms with Gasteiger partial charge in [0.25, 0.3) is 0 Å². The number of methoxy groups -OCH3 is 1. The molecule has 0 heterocycles. The van der Waals surface area contributed by atoms with Crippen molar-refractivity contribution in [1.82, 2.24) is 5.32 Å². The lowest BCUT2D eigenvalue weighted by molar-refractivity contribution is -0.148. The first-order chi connectivity index (χ1) is 9.25. The summed E-state index contributed by atoms with van der Waals surface area (Å²) < 4.78 is 4.90. The van der Waals surface area contributed by atoms with E-state index in [2.05, 4.69) is 26.1 Å². The maximum atomic E-state index is 11.9. The Labute approximate surface area is 122 Å². The standard InChI is InChI=1S/C16H29NO3/c1-11(18)17-10-14(15(19)20-5)12-6-8-13(9-7-12)16(2,3)4/h12-14H,6-10H2,1-5H3,(H,17,18). The highest BCUT2D eigenvalue weighted by atomic mass is 16.5. The zero-order valence-corrected chi connectivity index (χ0v) is 13.5. The molecule has 4 heteroatoms. The third kappa shape index (κ3) is 4.80. The van der Waals surface area contributed by atoms with Crippen molar-refractivity contribution in [3.8, 4) is 0 Å². The van der Waals surface area contributed by atoms with Gasteiger partial charge in [0.05, 0.1) is 13.0 Å². The molecule has 1 fully saturated rings. The Morgan fingerprint density at radius 1 is 1.20 bits per heavy atom. The number of carbonyl (C=O) groups is 2. The summed E-state index contributed by atoms with van der Waals surface area (Å²) in [7, 11) is 1.42. The molecule has 0 bridgehead atoms. The van der Waals surface area contributed by atoms with E-state index in [-0.39, 0.29) is 17.8 Å². The van der Waals surface area contributed by atoms with E-state index in [4.69, 9.17) is 4.74 Å². The van der Waals surface area contributed by atoms with Gasteiger partial charge in [-0.25, -0.2) is 0 Å². The summed E-state index contributed by atoms with van der Waals surface area (Å²) >= 11 is 0. The molecular formula is C16H29NO3. The highest BCUT2D eigenvalue weighted by Crippen LogP contribution is 2.41. The van der Waals surface area contributed by atoms with Gasteiger partial charge in [-0.15, -0.1) is 0 Å². The van der Waals surface area contributed by atoms with Crippen LogP contribution in [0.2, 0.25) is 0 Å². The van der Waals surface area contributed by atoms with Gasteiger partial charge in [0.15, 0.2) is 0 Å². The van der Waals surface area contributed by atoms with Gasteiger partial charge in [-0.05, 0) is 42.9 Å². The normalized spacial score (nSPS) is 24.9. The number of carbonyl (C=O) groups excluding carboxylic acids is 2. The molecule has 0 aromatic heterocycles. The third-order valence-corrected chi connectivity index (χ3v) is 4.64. The molecule has 0 saturated heterocycles. The lowest BCUT2D eigenvalue weighted by Crippen LogP contribution is -2.39. The van der Waals surface area contributed by atoms with Crippen molar-refractivity contribution >= 4 is 11.9 Å². The van der Waals surface area contributed by atoms with Crippen LogP contribution >= 0.6 is 0 Å². The molecule has 1 aliphatic carbocycles. The summed E-state index contributed by atoms with van der Waals surface area (Å²) in [5.74, 6) is 0.552. The van der Waals surface area contributed by atoms with Gasteiger partial charge in [-0.2, -0.15) is 0 Å². The average molecular weight is 283 g/mol. The smallest absolute Gasteiger partial charge is 0.310 e. The van der Waals surface area contributed by atoms with Crippen molar-refractivity contribution in [3.63, 3.8) is 0 Å². The van der Waals surface area contributed by atoms with Crippen molar-refractivity contribution in [1.29, 1.82) is 0 Å². The molecule has 0 radical (unpaired) electrons. The van der Waals surface area contributed by atoms with Crippen molar-refractivity contribution in [2.45, 2.75) is 53.4 Å². The second-order valence-corrected chi connectivity index (χ2v) is 7.04. The minimum absolute atomic E-state index is 0.0951. The summed E-state index contributed by atoms with van der Waals surface area (Å²) in [4.78, 5) is 23.0. The molecule has 1 atom stereocenters. The monoisotopic (exact) mass is 283 g/mol. The lowest BCUT2D eigenvalue weighted by atomic mass is 9.67. The van der Waals surface area contributed by atoms with Crippen molar-refractivity contribution in [2.75, 3.05) is 13.7 Å². The summed E-state index contributed by atoms with van der Waals surface area (Å²) in [6, 6.07) is 0. The fourth-order valence-corrected chi connectivity index (χ4v) is 3.24. The molecule has 1 unspecified atom stereocenters. The SMILES string of the molecule is COC(=O)C(CNC(C)=O)C1CCC(C(C)(C)C)CC1. The number of nitrogens with one attached hydrogen (secondary N) is 1. The molecular weight excluding hydrogens is 254 g/mol. The Hall–Kier alpha value is -1.06. The van der Waals surface area contributed by atoms with Gasteiger partial charge in [0, 0.05) is 13.5 Å². The molecule has 20 heavy (non-hydrogen) atoms. The molecule has 4 nitrogen and oxygen atoms in total. The van der Waals surface area contributed by atoms with Crippen molar-refractivity contribution in [2.24, 2.45) is 23.2 Å². The van der Waals surface area contributed by atoms with Gasteiger partial charge in [0.2, 0.25) is 5.91 Å². The Morgan fingerprint density at radius 2 is 1.75 bits per heavy atom. The molecule has 1 N–H and O–H groups in total. The van der Waals surface area contributed by atoms with Crippen LogP contribution < -0.4 is 5.32 Å². The summed E-state index contributed by atoms with van der Waals surface area (Å²) in [6.07, 6.45) is 4.39. The predicted molar refractivity (Wildman–Crippen MR) is 79.1 cm³/mol. The van der Waals surface area contributed by atoms with E-state index in [0.29, 0.717) is 17.9 Å². The van der Waals surface area contributed by atoms with Crippen LogP contribution in [0.15, 0.2) is 0 Å². The molecule has 1 aliphatic rings. The maximum Gasteiger partial charge on any atom is 0.310 e. The highest BCUT2D eigenvalue weighted by Gasteiger charge is 2.35. The molecule has 0 aromatic rings. The van der Waals surface area contributed by atoms with Gasteiger partial charge in [0.1, 0.15) is 0 Å². The van der Waals surface area contributed by atoms with Crippen LogP contribution in [0, 0.1) is 23.2 Å². The first-order valence-electron chi connectivity index (χ1n) is 7.58. The number of rotatable bonds is 4. The average Bonchev–Trinajstić information content (AvgIpc) is 2.37.